The summed E-state index contributed by atoms with van der Waals surface area (Å²) in [5.74, 6) is -1.47. The van der Waals surface area contributed by atoms with Crippen molar-refractivity contribution in [1.82, 2.24) is 0 Å². The zero-order chi connectivity index (χ0) is 14.7. The van der Waals surface area contributed by atoms with Gasteiger partial charge in [-0.25, -0.2) is 8.78 Å². The highest BCUT2D eigenvalue weighted by Crippen LogP contribution is 2.22. The molecule has 0 spiro atoms. The lowest BCUT2D eigenvalue weighted by Crippen LogP contribution is -2.02. The van der Waals surface area contributed by atoms with Crippen molar-refractivity contribution in [3.63, 3.8) is 0 Å². The van der Waals surface area contributed by atoms with E-state index in [0.717, 1.165) is 17.7 Å². The van der Waals surface area contributed by atoms with Gasteiger partial charge in [0.15, 0.2) is 17.4 Å². The summed E-state index contributed by atoms with van der Waals surface area (Å²) in [5.41, 5.74) is 1.92. The Kier molecular flexibility index (Phi) is 4.13. The first-order valence-electron chi connectivity index (χ1n) is 6.15. The first-order valence-corrected chi connectivity index (χ1v) is 6.15. The first kappa shape index (κ1) is 14.2. The number of carbonyl (C=O) groups is 1. The third-order valence-corrected chi connectivity index (χ3v) is 2.89. The molecule has 0 bridgehead atoms. The van der Waals surface area contributed by atoms with Crippen molar-refractivity contribution in [3.8, 4) is 5.75 Å². The minimum atomic E-state index is -0.915. The maximum Gasteiger partial charge on any atom is 0.163 e. The molecule has 0 saturated carbocycles. The highest BCUT2D eigenvalue weighted by atomic mass is 19.2. The average molecular weight is 276 g/mol. The van der Waals surface area contributed by atoms with E-state index in [1.807, 2.05) is 13.0 Å². The molecule has 0 aliphatic rings. The van der Waals surface area contributed by atoms with Gasteiger partial charge in [0.2, 0.25) is 0 Å². The van der Waals surface area contributed by atoms with Gasteiger partial charge in [0.1, 0.15) is 12.4 Å². The Hall–Kier alpha value is -2.23. The summed E-state index contributed by atoms with van der Waals surface area (Å²) in [7, 11) is 0. The van der Waals surface area contributed by atoms with Gasteiger partial charge in [-0.2, -0.15) is 0 Å². The summed E-state index contributed by atoms with van der Waals surface area (Å²) in [4.78, 5) is 11.5. The predicted molar refractivity (Wildman–Crippen MR) is 71.9 cm³/mol. The van der Waals surface area contributed by atoms with Gasteiger partial charge in [0.25, 0.3) is 0 Å². The summed E-state index contributed by atoms with van der Waals surface area (Å²) < 4.78 is 31.5. The number of ether oxygens (including phenoxy) is 1. The normalized spacial score (nSPS) is 10.4. The second-order valence-corrected chi connectivity index (χ2v) is 4.59. The van der Waals surface area contributed by atoms with E-state index < -0.39 is 11.6 Å². The zero-order valence-electron chi connectivity index (χ0n) is 11.2. The molecule has 104 valence electrons. The Balaban J connectivity index is 2.20. The van der Waals surface area contributed by atoms with Gasteiger partial charge >= 0.3 is 0 Å². The predicted octanol–water partition coefficient (Wildman–Crippen LogP) is 4.05. The Labute approximate surface area is 116 Å². The maximum atomic E-state index is 13.1. The highest BCUT2D eigenvalue weighted by molar-refractivity contribution is 5.96. The highest BCUT2D eigenvalue weighted by Gasteiger charge is 2.09. The second kappa shape index (κ2) is 5.82. The van der Waals surface area contributed by atoms with Gasteiger partial charge in [0, 0.05) is 0 Å². The monoisotopic (exact) mass is 276 g/mol. The number of carbonyl (C=O) groups excluding carboxylic acids is 1. The van der Waals surface area contributed by atoms with Crippen molar-refractivity contribution < 1.29 is 18.3 Å². The van der Waals surface area contributed by atoms with Gasteiger partial charge in [-0.1, -0.05) is 12.1 Å². The van der Waals surface area contributed by atoms with Gasteiger partial charge in [-0.15, -0.1) is 0 Å². The van der Waals surface area contributed by atoms with Crippen molar-refractivity contribution in [2.75, 3.05) is 0 Å². The van der Waals surface area contributed by atoms with E-state index in [2.05, 4.69) is 0 Å². The van der Waals surface area contributed by atoms with Gasteiger partial charge in [-0.05, 0) is 49.2 Å². The van der Waals surface area contributed by atoms with E-state index in [-0.39, 0.29) is 12.4 Å². The number of hydrogen-bond donors (Lipinski definition) is 0. The molecule has 0 aromatic heterocycles. The Morgan fingerprint density at radius 3 is 2.50 bits per heavy atom. The SMILES string of the molecule is CC(=O)c1ccc(C)cc1OCc1ccc(F)c(F)c1. The molecule has 0 radical (unpaired) electrons. The summed E-state index contributed by atoms with van der Waals surface area (Å²) in [6, 6.07) is 8.84. The standard InChI is InChI=1S/C16H14F2O2/c1-10-3-5-13(11(2)19)16(7-10)20-9-12-4-6-14(17)15(18)8-12/h3-8H,9H2,1-2H3. The Bertz CT molecular complexity index is 651. The molecule has 0 fully saturated rings. The molecule has 0 aliphatic heterocycles. The van der Waals surface area contributed by atoms with Crippen LogP contribution in [0.4, 0.5) is 8.78 Å². The molecule has 2 aromatic carbocycles. The molecule has 2 nitrogen and oxygen atoms in total. The summed E-state index contributed by atoms with van der Waals surface area (Å²) in [6.45, 7) is 3.41. The fourth-order valence-electron chi connectivity index (χ4n) is 1.83. The van der Waals surface area contributed by atoms with E-state index >= 15 is 0 Å². The molecule has 0 aliphatic carbocycles. The average Bonchev–Trinajstić information content (AvgIpc) is 2.40. The molecule has 2 aromatic rings. The molecule has 0 atom stereocenters. The zero-order valence-corrected chi connectivity index (χ0v) is 11.2. The lowest BCUT2D eigenvalue weighted by Gasteiger charge is -2.11. The van der Waals surface area contributed by atoms with Gasteiger partial charge < -0.3 is 4.74 Å². The number of hydrogen-bond acceptors (Lipinski definition) is 2. The minimum Gasteiger partial charge on any atom is -0.488 e. The molecule has 0 heterocycles. The van der Waals surface area contributed by atoms with Crippen LogP contribution in [0, 0.1) is 18.6 Å². The molecule has 2 rings (SSSR count). The van der Waals surface area contributed by atoms with Crippen molar-refractivity contribution in [1.29, 1.82) is 0 Å². The Morgan fingerprint density at radius 1 is 1.10 bits per heavy atom. The third kappa shape index (κ3) is 3.20. The minimum absolute atomic E-state index is 0.0704. The van der Waals surface area contributed by atoms with E-state index in [1.54, 1.807) is 12.1 Å². The van der Waals surface area contributed by atoms with Crippen LogP contribution in [0.1, 0.15) is 28.4 Å². The number of ketones is 1. The van der Waals surface area contributed by atoms with E-state index in [4.69, 9.17) is 4.74 Å². The lowest BCUT2D eigenvalue weighted by molar-refractivity contribution is 0.101. The number of Topliss-reactive ketones (excluding diaryl/α,β-unsaturated/α-hetero) is 1. The summed E-state index contributed by atoms with van der Waals surface area (Å²) >= 11 is 0. The van der Waals surface area contributed by atoms with Crippen LogP contribution in [0.25, 0.3) is 0 Å². The molecule has 0 amide bonds. The van der Waals surface area contributed by atoms with Crippen LogP contribution in [0.2, 0.25) is 0 Å². The number of halogens is 2. The van der Waals surface area contributed by atoms with E-state index in [9.17, 15) is 13.6 Å². The fraction of sp³-hybridized carbons (Fsp3) is 0.188. The molecule has 0 saturated heterocycles. The van der Waals surface area contributed by atoms with Crippen molar-refractivity contribution in [2.24, 2.45) is 0 Å². The van der Waals surface area contributed by atoms with E-state index in [1.165, 1.54) is 13.0 Å². The number of rotatable bonds is 4. The Morgan fingerprint density at radius 2 is 1.85 bits per heavy atom. The van der Waals surface area contributed by atoms with Crippen molar-refractivity contribution in [2.45, 2.75) is 20.5 Å². The van der Waals surface area contributed by atoms with Crippen LogP contribution >= 0.6 is 0 Å². The van der Waals surface area contributed by atoms with Gasteiger partial charge in [0.05, 0.1) is 5.56 Å². The summed E-state index contributed by atoms with van der Waals surface area (Å²) in [5, 5.41) is 0. The van der Waals surface area contributed by atoms with Crippen LogP contribution in [-0.4, -0.2) is 5.78 Å². The molecular weight excluding hydrogens is 262 g/mol. The van der Waals surface area contributed by atoms with Crippen LogP contribution in [0.5, 0.6) is 5.75 Å². The van der Waals surface area contributed by atoms with Crippen LogP contribution in [0.3, 0.4) is 0 Å². The molecule has 4 heteroatoms. The maximum absolute atomic E-state index is 13.1. The molecule has 20 heavy (non-hydrogen) atoms. The molecular formula is C16H14F2O2. The van der Waals surface area contributed by atoms with Crippen LogP contribution < -0.4 is 4.74 Å². The van der Waals surface area contributed by atoms with Crippen LogP contribution in [-0.2, 0) is 6.61 Å². The van der Waals surface area contributed by atoms with Crippen LogP contribution in [0.15, 0.2) is 36.4 Å². The van der Waals surface area contributed by atoms with Crippen molar-refractivity contribution >= 4 is 5.78 Å². The second-order valence-electron chi connectivity index (χ2n) is 4.59. The topological polar surface area (TPSA) is 26.3 Å². The third-order valence-electron chi connectivity index (χ3n) is 2.89. The van der Waals surface area contributed by atoms with Crippen molar-refractivity contribution in [3.05, 3.63) is 64.7 Å². The molecule has 0 N–H and O–H groups in total. The fourth-order valence-corrected chi connectivity index (χ4v) is 1.83. The molecule has 0 unspecified atom stereocenters. The van der Waals surface area contributed by atoms with Gasteiger partial charge in [-0.3, -0.25) is 4.79 Å². The number of benzene rings is 2. The summed E-state index contributed by atoms with van der Waals surface area (Å²) in [6.07, 6.45) is 0. The number of aryl methyl sites for hydroxylation is 1. The quantitative estimate of drug-likeness (QED) is 0.787. The lowest BCUT2D eigenvalue weighted by atomic mass is 10.1. The van der Waals surface area contributed by atoms with E-state index in [0.29, 0.717) is 16.9 Å². The smallest absolute Gasteiger partial charge is 0.163 e. The first-order chi connectivity index (χ1) is 9.47. The largest absolute Gasteiger partial charge is 0.488 e.